The average molecular weight is 231 g/mol. The molecule has 1 heterocycles. The Morgan fingerprint density at radius 3 is 2.94 bits per heavy atom. The van der Waals surface area contributed by atoms with Crippen molar-refractivity contribution in [1.29, 1.82) is 0 Å². The molecule has 88 valence electrons. The highest BCUT2D eigenvalue weighted by Gasteiger charge is 2.22. The number of aromatic nitrogens is 2. The van der Waals surface area contributed by atoms with Crippen LogP contribution in [0.4, 0.5) is 10.3 Å². The molecule has 0 spiro atoms. The molecule has 1 aromatic carbocycles. The summed E-state index contributed by atoms with van der Waals surface area (Å²) in [5.74, 6) is 0.661. The summed E-state index contributed by atoms with van der Waals surface area (Å²) in [5, 5.41) is 3.33. The quantitative estimate of drug-likeness (QED) is 0.876. The smallest absolute Gasteiger partial charge is 0.203 e. The van der Waals surface area contributed by atoms with Gasteiger partial charge in [0.1, 0.15) is 5.82 Å². The van der Waals surface area contributed by atoms with Gasteiger partial charge < -0.3 is 9.88 Å². The zero-order chi connectivity index (χ0) is 11.7. The highest BCUT2D eigenvalue weighted by Crippen LogP contribution is 2.24. The molecule has 0 aliphatic heterocycles. The van der Waals surface area contributed by atoms with E-state index in [0.717, 1.165) is 5.95 Å². The van der Waals surface area contributed by atoms with Crippen LogP contribution < -0.4 is 5.32 Å². The van der Waals surface area contributed by atoms with Gasteiger partial charge in [-0.15, -0.1) is 0 Å². The molecule has 3 rings (SSSR count). The van der Waals surface area contributed by atoms with E-state index < -0.39 is 0 Å². The van der Waals surface area contributed by atoms with Gasteiger partial charge in [-0.05, 0) is 18.9 Å². The second-order valence-electron chi connectivity index (χ2n) is 4.39. The van der Waals surface area contributed by atoms with Gasteiger partial charge in [0, 0.05) is 24.0 Å². The molecule has 1 N–H and O–H groups in total. The minimum absolute atomic E-state index is 0.168. The largest absolute Gasteiger partial charge is 0.353 e. The first-order valence-electron chi connectivity index (χ1n) is 5.84. The molecule has 0 bridgehead atoms. The summed E-state index contributed by atoms with van der Waals surface area (Å²) >= 11 is 0. The lowest BCUT2D eigenvalue weighted by Gasteiger charge is -2.09. The molecule has 1 aliphatic rings. The highest BCUT2D eigenvalue weighted by molar-refractivity contribution is 5.31. The number of nitrogens with zero attached hydrogens (tertiary/aromatic N) is 2. The lowest BCUT2D eigenvalue weighted by atomic mass is 10.2. The molecular formula is C13H14FN3. The molecule has 0 unspecified atom stereocenters. The SMILES string of the molecule is Fc1ccccc1Cn1ccnc1NC1CC1. The van der Waals surface area contributed by atoms with Gasteiger partial charge in [-0.25, -0.2) is 9.37 Å². The Kier molecular flexibility index (Phi) is 2.55. The topological polar surface area (TPSA) is 29.9 Å². The zero-order valence-electron chi connectivity index (χ0n) is 9.44. The maximum atomic E-state index is 13.5. The van der Waals surface area contributed by atoms with E-state index in [1.807, 2.05) is 16.8 Å². The van der Waals surface area contributed by atoms with Crippen molar-refractivity contribution in [3.05, 3.63) is 48.0 Å². The number of imidazole rings is 1. The Balaban J connectivity index is 1.80. The first-order chi connectivity index (χ1) is 8.33. The minimum Gasteiger partial charge on any atom is -0.353 e. The van der Waals surface area contributed by atoms with Crippen LogP contribution in [0, 0.1) is 5.82 Å². The van der Waals surface area contributed by atoms with Crippen molar-refractivity contribution in [2.24, 2.45) is 0 Å². The predicted molar refractivity (Wildman–Crippen MR) is 64.4 cm³/mol. The van der Waals surface area contributed by atoms with Gasteiger partial charge in [0.25, 0.3) is 0 Å². The number of rotatable bonds is 4. The fourth-order valence-electron chi connectivity index (χ4n) is 1.80. The van der Waals surface area contributed by atoms with E-state index in [2.05, 4.69) is 10.3 Å². The van der Waals surface area contributed by atoms with Crippen LogP contribution in [0.25, 0.3) is 0 Å². The van der Waals surface area contributed by atoms with Crippen molar-refractivity contribution >= 4 is 5.95 Å². The van der Waals surface area contributed by atoms with Crippen LogP contribution in [0.5, 0.6) is 0 Å². The maximum absolute atomic E-state index is 13.5. The van der Waals surface area contributed by atoms with Crippen LogP contribution in [0.2, 0.25) is 0 Å². The van der Waals surface area contributed by atoms with Crippen molar-refractivity contribution < 1.29 is 4.39 Å². The molecule has 0 atom stereocenters. The highest BCUT2D eigenvalue weighted by atomic mass is 19.1. The first-order valence-corrected chi connectivity index (χ1v) is 5.84. The molecule has 1 aromatic heterocycles. The van der Waals surface area contributed by atoms with Crippen LogP contribution in [-0.4, -0.2) is 15.6 Å². The third-order valence-corrected chi connectivity index (χ3v) is 2.92. The third kappa shape index (κ3) is 2.30. The summed E-state index contributed by atoms with van der Waals surface area (Å²) in [7, 11) is 0. The Morgan fingerprint density at radius 1 is 1.35 bits per heavy atom. The van der Waals surface area contributed by atoms with Crippen LogP contribution >= 0.6 is 0 Å². The molecular weight excluding hydrogens is 217 g/mol. The van der Waals surface area contributed by atoms with Crippen molar-refractivity contribution in [2.75, 3.05) is 5.32 Å². The maximum Gasteiger partial charge on any atom is 0.203 e. The van der Waals surface area contributed by atoms with E-state index >= 15 is 0 Å². The molecule has 1 saturated carbocycles. The zero-order valence-corrected chi connectivity index (χ0v) is 9.44. The van der Waals surface area contributed by atoms with E-state index in [4.69, 9.17) is 0 Å². The number of hydrogen-bond acceptors (Lipinski definition) is 2. The Labute approximate surface area is 99.3 Å². The molecule has 2 aromatic rings. The monoisotopic (exact) mass is 231 g/mol. The molecule has 1 aliphatic carbocycles. The van der Waals surface area contributed by atoms with Crippen molar-refractivity contribution in [3.63, 3.8) is 0 Å². The standard InChI is InChI=1S/C13H14FN3/c14-12-4-2-1-3-10(12)9-17-8-7-15-13(17)16-11-5-6-11/h1-4,7-8,11H,5-6,9H2,(H,15,16). The minimum atomic E-state index is -0.168. The van der Waals surface area contributed by atoms with E-state index in [9.17, 15) is 4.39 Å². The van der Waals surface area contributed by atoms with Crippen molar-refractivity contribution in [2.45, 2.75) is 25.4 Å². The van der Waals surface area contributed by atoms with Gasteiger partial charge in [0.05, 0.1) is 6.54 Å². The van der Waals surface area contributed by atoms with Crippen LogP contribution in [0.1, 0.15) is 18.4 Å². The first kappa shape index (κ1) is 10.3. The van der Waals surface area contributed by atoms with Crippen molar-refractivity contribution in [3.8, 4) is 0 Å². The molecule has 4 heteroatoms. The van der Waals surface area contributed by atoms with Crippen LogP contribution in [-0.2, 0) is 6.54 Å². The number of halogens is 1. The summed E-state index contributed by atoms with van der Waals surface area (Å²) < 4.78 is 15.5. The molecule has 0 amide bonds. The summed E-state index contributed by atoms with van der Waals surface area (Å²) in [5.41, 5.74) is 0.685. The summed E-state index contributed by atoms with van der Waals surface area (Å²) in [6.45, 7) is 0.516. The number of benzene rings is 1. The Bertz CT molecular complexity index is 517. The number of nitrogens with one attached hydrogen (secondary N) is 1. The lowest BCUT2D eigenvalue weighted by Crippen LogP contribution is -2.10. The Morgan fingerprint density at radius 2 is 2.18 bits per heavy atom. The molecule has 1 fully saturated rings. The molecule has 3 nitrogen and oxygen atoms in total. The van der Waals surface area contributed by atoms with E-state index in [0.29, 0.717) is 18.2 Å². The van der Waals surface area contributed by atoms with Crippen LogP contribution in [0.15, 0.2) is 36.7 Å². The molecule has 0 saturated heterocycles. The number of anilines is 1. The third-order valence-electron chi connectivity index (χ3n) is 2.92. The lowest BCUT2D eigenvalue weighted by molar-refractivity contribution is 0.600. The van der Waals surface area contributed by atoms with Gasteiger partial charge in [0.2, 0.25) is 5.95 Å². The Hall–Kier alpha value is -1.84. The fraction of sp³-hybridized carbons (Fsp3) is 0.308. The predicted octanol–water partition coefficient (Wildman–Crippen LogP) is 2.64. The second kappa shape index (κ2) is 4.20. The fourth-order valence-corrected chi connectivity index (χ4v) is 1.80. The summed E-state index contributed by atoms with van der Waals surface area (Å²) in [6, 6.07) is 7.40. The molecule has 17 heavy (non-hydrogen) atoms. The summed E-state index contributed by atoms with van der Waals surface area (Å²) in [4.78, 5) is 4.25. The van der Waals surface area contributed by atoms with Gasteiger partial charge in [-0.2, -0.15) is 0 Å². The number of hydrogen-bond donors (Lipinski definition) is 1. The van der Waals surface area contributed by atoms with Gasteiger partial charge >= 0.3 is 0 Å². The van der Waals surface area contributed by atoms with Gasteiger partial charge in [-0.3, -0.25) is 0 Å². The van der Waals surface area contributed by atoms with Gasteiger partial charge in [-0.1, -0.05) is 18.2 Å². The van der Waals surface area contributed by atoms with E-state index in [1.165, 1.54) is 18.9 Å². The van der Waals surface area contributed by atoms with Crippen molar-refractivity contribution in [1.82, 2.24) is 9.55 Å². The van der Waals surface area contributed by atoms with E-state index in [1.54, 1.807) is 18.3 Å². The van der Waals surface area contributed by atoms with Crippen LogP contribution in [0.3, 0.4) is 0 Å². The summed E-state index contributed by atoms with van der Waals surface area (Å²) in [6.07, 6.45) is 6.02. The van der Waals surface area contributed by atoms with Gasteiger partial charge in [0.15, 0.2) is 0 Å². The molecule has 0 radical (unpaired) electrons. The second-order valence-corrected chi connectivity index (χ2v) is 4.39. The normalized spacial score (nSPS) is 14.9. The van der Waals surface area contributed by atoms with E-state index in [-0.39, 0.29) is 5.82 Å². The average Bonchev–Trinajstić information content (AvgIpc) is 3.03.